The van der Waals surface area contributed by atoms with Crippen LogP contribution in [0.1, 0.15) is 13.8 Å². The van der Waals surface area contributed by atoms with Crippen LogP contribution in [-0.4, -0.2) is 15.8 Å². The number of benzene rings is 1. The maximum absolute atomic E-state index is 5.62. The Hall–Kier alpha value is -1.49. The van der Waals surface area contributed by atoms with Crippen LogP contribution in [0.3, 0.4) is 0 Å². The quantitative estimate of drug-likeness (QED) is 0.674. The van der Waals surface area contributed by atoms with Gasteiger partial charge in [-0.2, -0.15) is 0 Å². The molecule has 1 aliphatic rings. The van der Waals surface area contributed by atoms with Crippen LogP contribution in [-0.2, 0) is 0 Å². The molecule has 0 amide bonds. The van der Waals surface area contributed by atoms with Gasteiger partial charge in [-0.25, -0.2) is 0 Å². The van der Waals surface area contributed by atoms with E-state index in [0.29, 0.717) is 4.77 Å². The van der Waals surface area contributed by atoms with Crippen molar-refractivity contribution in [3.05, 3.63) is 16.9 Å². The van der Waals surface area contributed by atoms with E-state index in [1.54, 1.807) is 0 Å². The van der Waals surface area contributed by atoms with Gasteiger partial charge < -0.3 is 19.4 Å². The fourth-order valence-electron chi connectivity index (χ4n) is 1.75. The average molecular weight is 222 g/mol. The first kappa shape index (κ1) is 8.79. The van der Waals surface area contributed by atoms with Crippen molar-refractivity contribution in [2.75, 3.05) is 0 Å². The zero-order chi connectivity index (χ0) is 10.6. The number of imidazole rings is 1. The summed E-state index contributed by atoms with van der Waals surface area (Å²) in [6.45, 7) is 3.76. The second-order valence-corrected chi connectivity index (χ2v) is 4.44. The Labute approximate surface area is 91.2 Å². The highest BCUT2D eigenvalue weighted by atomic mass is 32.1. The highest BCUT2D eigenvalue weighted by Gasteiger charge is 2.32. The van der Waals surface area contributed by atoms with E-state index in [1.165, 1.54) is 0 Å². The van der Waals surface area contributed by atoms with Gasteiger partial charge in [-0.1, -0.05) is 0 Å². The molecular weight excluding hydrogens is 212 g/mol. The first-order chi connectivity index (χ1) is 7.03. The van der Waals surface area contributed by atoms with Crippen LogP contribution in [0.2, 0.25) is 0 Å². The van der Waals surface area contributed by atoms with Gasteiger partial charge in [-0.15, -0.1) is 0 Å². The molecule has 0 radical (unpaired) electrons. The normalized spacial score (nSPS) is 17.2. The Bertz CT molecular complexity index is 549. The van der Waals surface area contributed by atoms with Gasteiger partial charge in [0.05, 0.1) is 11.0 Å². The van der Waals surface area contributed by atoms with Crippen LogP contribution < -0.4 is 9.47 Å². The lowest BCUT2D eigenvalue weighted by molar-refractivity contribution is -0.0431. The van der Waals surface area contributed by atoms with Crippen LogP contribution in [0.15, 0.2) is 12.1 Å². The molecule has 2 N–H and O–H groups in total. The van der Waals surface area contributed by atoms with Crippen molar-refractivity contribution >= 4 is 23.3 Å². The number of aromatic amines is 2. The van der Waals surface area contributed by atoms with E-state index in [1.807, 2.05) is 26.0 Å². The minimum Gasteiger partial charge on any atom is -0.449 e. The van der Waals surface area contributed by atoms with E-state index in [9.17, 15) is 0 Å². The number of hydrogen-bond donors (Lipinski definition) is 2. The van der Waals surface area contributed by atoms with Crippen molar-refractivity contribution in [3.63, 3.8) is 0 Å². The largest absolute Gasteiger partial charge is 0.449 e. The van der Waals surface area contributed by atoms with E-state index in [0.717, 1.165) is 22.5 Å². The molecule has 2 aromatic rings. The molecule has 1 aliphatic heterocycles. The number of hydrogen-bond acceptors (Lipinski definition) is 3. The summed E-state index contributed by atoms with van der Waals surface area (Å²) in [6, 6.07) is 3.79. The molecule has 5 heteroatoms. The highest BCUT2D eigenvalue weighted by Crippen LogP contribution is 2.40. The summed E-state index contributed by atoms with van der Waals surface area (Å²) >= 11 is 5.01. The van der Waals surface area contributed by atoms with Gasteiger partial charge in [-0.05, 0) is 12.2 Å². The van der Waals surface area contributed by atoms with E-state index < -0.39 is 5.79 Å². The van der Waals surface area contributed by atoms with Gasteiger partial charge in [0.15, 0.2) is 16.3 Å². The Morgan fingerprint density at radius 3 is 2.00 bits per heavy atom. The minimum absolute atomic E-state index is 0.585. The lowest BCUT2D eigenvalue weighted by Crippen LogP contribution is -2.29. The Morgan fingerprint density at radius 2 is 1.53 bits per heavy atom. The second kappa shape index (κ2) is 2.55. The van der Waals surface area contributed by atoms with Crippen molar-refractivity contribution in [3.8, 4) is 11.5 Å². The third-order valence-electron chi connectivity index (χ3n) is 2.29. The van der Waals surface area contributed by atoms with Gasteiger partial charge in [0.25, 0.3) is 0 Å². The number of nitrogens with one attached hydrogen (secondary N) is 2. The number of aromatic nitrogens is 2. The molecule has 0 fully saturated rings. The molecule has 0 saturated carbocycles. The number of rotatable bonds is 0. The van der Waals surface area contributed by atoms with Crippen LogP contribution >= 0.6 is 12.2 Å². The first-order valence-corrected chi connectivity index (χ1v) is 5.08. The second-order valence-electron chi connectivity index (χ2n) is 4.03. The fraction of sp³-hybridized carbons (Fsp3) is 0.300. The molecule has 0 aliphatic carbocycles. The van der Waals surface area contributed by atoms with E-state index in [2.05, 4.69) is 9.97 Å². The molecule has 0 spiro atoms. The molecule has 15 heavy (non-hydrogen) atoms. The monoisotopic (exact) mass is 222 g/mol. The van der Waals surface area contributed by atoms with Gasteiger partial charge >= 0.3 is 0 Å². The molecule has 0 atom stereocenters. The number of H-pyrrole nitrogens is 2. The summed E-state index contributed by atoms with van der Waals surface area (Å²) in [5.41, 5.74) is 1.86. The molecule has 0 unspecified atom stereocenters. The maximum atomic E-state index is 5.62. The van der Waals surface area contributed by atoms with Gasteiger partial charge in [0.2, 0.25) is 5.79 Å². The van der Waals surface area contributed by atoms with Crippen molar-refractivity contribution in [2.45, 2.75) is 19.6 Å². The van der Waals surface area contributed by atoms with Crippen LogP contribution in [0, 0.1) is 4.77 Å². The Morgan fingerprint density at radius 1 is 1.07 bits per heavy atom. The molecule has 0 bridgehead atoms. The summed E-state index contributed by atoms with van der Waals surface area (Å²) in [7, 11) is 0. The molecular formula is C10H10N2O2S. The molecule has 78 valence electrons. The van der Waals surface area contributed by atoms with Crippen molar-refractivity contribution in [1.82, 2.24) is 9.97 Å². The third kappa shape index (κ3) is 1.31. The first-order valence-electron chi connectivity index (χ1n) is 4.68. The van der Waals surface area contributed by atoms with Crippen LogP contribution in [0.4, 0.5) is 0 Å². The zero-order valence-electron chi connectivity index (χ0n) is 8.38. The van der Waals surface area contributed by atoms with E-state index in [4.69, 9.17) is 21.7 Å². The topological polar surface area (TPSA) is 50.0 Å². The van der Waals surface area contributed by atoms with E-state index >= 15 is 0 Å². The summed E-state index contributed by atoms with van der Waals surface area (Å²) in [5.74, 6) is 0.910. The molecule has 3 rings (SSSR count). The van der Waals surface area contributed by atoms with Gasteiger partial charge in [-0.3, -0.25) is 0 Å². The predicted molar refractivity (Wildman–Crippen MR) is 58.8 cm³/mol. The standard InChI is InChI=1S/C10H10N2O2S/c1-10(2)13-7-3-5-6(4-8(7)14-10)12-9(15)11-5/h3-4H,1-2H3,(H2,11,12,15). The lowest BCUT2D eigenvalue weighted by atomic mass is 10.3. The van der Waals surface area contributed by atoms with Crippen LogP contribution in [0.5, 0.6) is 11.5 Å². The summed E-state index contributed by atoms with van der Waals surface area (Å²) in [4.78, 5) is 6.08. The zero-order valence-corrected chi connectivity index (χ0v) is 9.20. The lowest BCUT2D eigenvalue weighted by Gasteiger charge is -2.16. The van der Waals surface area contributed by atoms with Gasteiger partial charge in [0, 0.05) is 26.0 Å². The summed E-state index contributed by atoms with van der Waals surface area (Å²) < 4.78 is 11.8. The SMILES string of the molecule is CC1(C)Oc2cc3[nH]c(=S)[nH]c3cc2O1. The Balaban J connectivity index is 2.25. The van der Waals surface area contributed by atoms with Crippen LogP contribution in [0.25, 0.3) is 11.0 Å². The smallest absolute Gasteiger partial charge is 0.246 e. The maximum Gasteiger partial charge on any atom is 0.246 e. The van der Waals surface area contributed by atoms with Crippen molar-refractivity contribution < 1.29 is 9.47 Å². The molecule has 0 saturated heterocycles. The minimum atomic E-state index is -0.585. The molecule has 1 aromatic heterocycles. The van der Waals surface area contributed by atoms with E-state index in [-0.39, 0.29) is 0 Å². The third-order valence-corrected chi connectivity index (χ3v) is 2.50. The fourth-order valence-corrected chi connectivity index (χ4v) is 1.97. The molecule has 4 nitrogen and oxygen atoms in total. The van der Waals surface area contributed by atoms with Gasteiger partial charge in [0.1, 0.15) is 0 Å². The molecule has 2 heterocycles. The summed E-state index contributed by atoms with van der Waals surface area (Å²) in [6.07, 6.45) is 0. The molecule has 1 aromatic carbocycles. The van der Waals surface area contributed by atoms with Crippen molar-refractivity contribution in [1.29, 1.82) is 0 Å². The van der Waals surface area contributed by atoms with Crippen molar-refractivity contribution in [2.24, 2.45) is 0 Å². The highest BCUT2D eigenvalue weighted by molar-refractivity contribution is 7.71. The predicted octanol–water partition coefficient (Wildman–Crippen LogP) is 2.73. The average Bonchev–Trinajstić information content (AvgIpc) is 2.55. The Kier molecular flexibility index (Phi) is 1.49. The summed E-state index contributed by atoms with van der Waals surface area (Å²) in [5, 5.41) is 0. The number of ether oxygens (including phenoxy) is 2. The number of fused-ring (bicyclic) bond motifs is 2.